The van der Waals surface area contributed by atoms with Gasteiger partial charge in [0.25, 0.3) is 0 Å². The van der Waals surface area contributed by atoms with Crippen LogP contribution in [0.4, 0.5) is 4.39 Å². The minimum Gasteiger partial charge on any atom is -0.478 e. The summed E-state index contributed by atoms with van der Waals surface area (Å²) in [5.74, 6) is -2.33. The van der Waals surface area contributed by atoms with Gasteiger partial charge in [-0.25, -0.2) is 17.6 Å². The summed E-state index contributed by atoms with van der Waals surface area (Å²) in [5, 5.41) is 8.97. The van der Waals surface area contributed by atoms with Crippen LogP contribution in [0.5, 0.6) is 0 Å². The van der Waals surface area contributed by atoms with E-state index in [0.717, 1.165) is 16.4 Å². The molecule has 1 aromatic carbocycles. The summed E-state index contributed by atoms with van der Waals surface area (Å²) in [4.78, 5) is 10.6. The van der Waals surface area contributed by atoms with E-state index in [4.69, 9.17) is 9.84 Å². The second-order valence-corrected chi connectivity index (χ2v) is 6.79. The Hall–Kier alpha value is -1.03. The van der Waals surface area contributed by atoms with E-state index in [1.165, 1.54) is 0 Å². The number of aromatic carboxylic acids is 1. The van der Waals surface area contributed by atoms with Crippen LogP contribution in [0.3, 0.4) is 0 Å². The predicted molar refractivity (Wildman–Crippen MR) is 70.6 cm³/mol. The Balaban J connectivity index is 2.53. The van der Waals surface area contributed by atoms with Crippen molar-refractivity contribution in [3.63, 3.8) is 0 Å². The smallest absolute Gasteiger partial charge is 0.336 e. The van der Waals surface area contributed by atoms with Crippen molar-refractivity contribution in [1.82, 2.24) is 4.31 Å². The average Bonchev–Trinajstić information content (AvgIpc) is 2.41. The second kappa shape index (κ2) is 5.76. The summed E-state index contributed by atoms with van der Waals surface area (Å²) in [5.41, 5.74) is -0.433. The lowest BCUT2D eigenvalue weighted by molar-refractivity contribution is 0.0694. The van der Waals surface area contributed by atoms with Gasteiger partial charge in [0, 0.05) is 13.1 Å². The molecule has 6 nitrogen and oxygen atoms in total. The van der Waals surface area contributed by atoms with Crippen molar-refractivity contribution < 1.29 is 27.4 Å². The molecule has 9 heteroatoms. The number of sulfonamides is 1. The lowest BCUT2D eigenvalue weighted by atomic mass is 10.2. The van der Waals surface area contributed by atoms with E-state index in [1.807, 2.05) is 0 Å². The first kappa shape index (κ1) is 15.4. The van der Waals surface area contributed by atoms with Gasteiger partial charge in [0.1, 0.15) is 10.7 Å². The average molecular weight is 368 g/mol. The fraction of sp³-hybridized carbons (Fsp3) is 0.364. The lowest BCUT2D eigenvalue weighted by Gasteiger charge is -2.26. The molecule has 1 fully saturated rings. The number of carboxylic acid groups (broad SMARTS) is 1. The molecule has 0 radical (unpaired) electrons. The third kappa shape index (κ3) is 2.85. The van der Waals surface area contributed by atoms with Gasteiger partial charge < -0.3 is 9.84 Å². The Morgan fingerprint density at radius 3 is 2.50 bits per heavy atom. The van der Waals surface area contributed by atoms with Crippen molar-refractivity contribution in [2.24, 2.45) is 0 Å². The predicted octanol–water partition coefficient (Wildman–Crippen LogP) is 1.31. The molecule has 1 saturated heterocycles. The van der Waals surface area contributed by atoms with Crippen LogP contribution >= 0.6 is 15.9 Å². The van der Waals surface area contributed by atoms with Gasteiger partial charge in [0.15, 0.2) is 0 Å². The zero-order chi connectivity index (χ0) is 14.9. The Morgan fingerprint density at radius 1 is 1.35 bits per heavy atom. The molecule has 2 rings (SSSR count). The summed E-state index contributed by atoms with van der Waals surface area (Å²) in [6, 6.07) is 1.58. The van der Waals surface area contributed by atoms with Crippen molar-refractivity contribution in [2.75, 3.05) is 26.3 Å². The second-order valence-electron chi connectivity index (χ2n) is 4.09. The topological polar surface area (TPSA) is 83.9 Å². The Morgan fingerprint density at radius 2 is 1.95 bits per heavy atom. The number of benzene rings is 1. The number of nitrogens with zero attached hydrogens (tertiary/aromatic N) is 1. The van der Waals surface area contributed by atoms with Gasteiger partial charge in [-0.05, 0) is 28.1 Å². The van der Waals surface area contributed by atoms with E-state index in [1.54, 1.807) is 0 Å². The summed E-state index contributed by atoms with van der Waals surface area (Å²) in [6.07, 6.45) is 0. The van der Waals surface area contributed by atoms with E-state index >= 15 is 0 Å². The van der Waals surface area contributed by atoms with Gasteiger partial charge in [0.05, 0.1) is 23.2 Å². The number of hydrogen-bond acceptors (Lipinski definition) is 4. The number of carbonyl (C=O) groups is 1. The van der Waals surface area contributed by atoms with Crippen LogP contribution in [0.2, 0.25) is 0 Å². The number of carboxylic acids is 1. The molecule has 0 saturated carbocycles. The number of halogens is 2. The highest BCUT2D eigenvalue weighted by Crippen LogP contribution is 2.30. The molecule has 1 heterocycles. The summed E-state index contributed by atoms with van der Waals surface area (Å²) in [7, 11) is -3.97. The van der Waals surface area contributed by atoms with Gasteiger partial charge in [-0.2, -0.15) is 4.31 Å². The summed E-state index contributed by atoms with van der Waals surface area (Å²) < 4.78 is 44.4. The zero-order valence-electron chi connectivity index (χ0n) is 10.2. The van der Waals surface area contributed by atoms with E-state index in [9.17, 15) is 17.6 Å². The Bertz CT molecular complexity index is 642. The maximum atomic E-state index is 13.5. The maximum Gasteiger partial charge on any atom is 0.336 e. The van der Waals surface area contributed by atoms with E-state index < -0.39 is 32.3 Å². The minimum atomic E-state index is -3.97. The van der Waals surface area contributed by atoms with Crippen LogP contribution in [-0.2, 0) is 14.8 Å². The van der Waals surface area contributed by atoms with Crippen molar-refractivity contribution in [1.29, 1.82) is 0 Å². The van der Waals surface area contributed by atoms with Crippen LogP contribution in [0.15, 0.2) is 21.5 Å². The number of hydrogen-bond donors (Lipinski definition) is 1. The van der Waals surface area contributed by atoms with Crippen LogP contribution < -0.4 is 0 Å². The molecular formula is C11H11BrFNO5S. The normalized spacial score (nSPS) is 17.1. The molecule has 0 aliphatic carbocycles. The third-order valence-corrected chi connectivity index (χ3v) is 5.86. The third-order valence-electron chi connectivity index (χ3n) is 2.82. The van der Waals surface area contributed by atoms with Crippen molar-refractivity contribution in [3.05, 3.63) is 28.0 Å². The molecule has 0 amide bonds. The van der Waals surface area contributed by atoms with Crippen molar-refractivity contribution in [3.8, 4) is 0 Å². The van der Waals surface area contributed by atoms with Crippen LogP contribution in [0.25, 0.3) is 0 Å². The van der Waals surface area contributed by atoms with Gasteiger partial charge >= 0.3 is 5.97 Å². The first-order valence-corrected chi connectivity index (χ1v) is 7.87. The van der Waals surface area contributed by atoms with E-state index in [0.29, 0.717) is 0 Å². The fourth-order valence-electron chi connectivity index (χ4n) is 1.83. The zero-order valence-corrected chi connectivity index (χ0v) is 12.6. The largest absolute Gasteiger partial charge is 0.478 e. The number of rotatable bonds is 3. The summed E-state index contributed by atoms with van der Waals surface area (Å²) in [6.45, 7) is 0.789. The van der Waals surface area contributed by atoms with Gasteiger partial charge in [-0.15, -0.1) is 0 Å². The van der Waals surface area contributed by atoms with Crippen molar-refractivity contribution in [2.45, 2.75) is 4.90 Å². The van der Waals surface area contributed by atoms with Crippen LogP contribution in [0, 0.1) is 5.82 Å². The monoisotopic (exact) mass is 367 g/mol. The molecular weight excluding hydrogens is 357 g/mol. The molecule has 0 aromatic heterocycles. The Labute approximate surface area is 123 Å². The SMILES string of the molecule is O=C(O)c1cc(F)cc(S(=O)(=O)N2CCOCC2)c1Br. The fourth-order valence-corrected chi connectivity index (χ4v) is 4.35. The molecule has 0 bridgehead atoms. The first-order valence-electron chi connectivity index (χ1n) is 5.64. The molecule has 1 N–H and O–H groups in total. The first-order chi connectivity index (χ1) is 9.34. The molecule has 1 aliphatic rings. The molecule has 0 unspecified atom stereocenters. The van der Waals surface area contributed by atoms with Gasteiger partial charge in [-0.1, -0.05) is 0 Å². The number of morpholine rings is 1. The van der Waals surface area contributed by atoms with Crippen molar-refractivity contribution >= 4 is 31.9 Å². The molecule has 20 heavy (non-hydrogen) atoms. The lowest BCUT2D eigenvalue weighted by Crippen LogP contribution is -2.40. The highest BCUT2D eigenvalue weighted by molar-refractivity contribution is 9.10. The molecule has 0 spiro atoms. The molecule has 1 aromatic rings. The molecule has 110 valence electrons. The quantitative estimate of drug-likeness (QED) is 0.870. The summed E-state index contributed by atoms with van der Waals surface area (Å²) >= 11 is 2.93. The number of ether oxygens (including phenoxy) is 1. The van der Waals surface area contributed by atoms with Crippen LogP contribution in [0.1, 0.15) is 10.4 Å². The Kier molecular flexibility index (Phi) is 4.43. The minimum absolute atomic E-state index is 0.147. The van der Waals surface area contributed by atoms with Gasteiger partial charge in [-0.3, -0.25) is 0 Å². The van der Waals surface area contributed by atoms with E-state index in [2.05, 4.69) is 15.9 Å². The standard InChI is InChI=1S/C11H11BrFNO5S/c12-10-8(11(15)16)5-7(13)6-9(10)20(17,18)14-1-3-19-4-2-14/h5-6H,1-4H2,(H,15,16). The maximum absolute atomic E-state index is 13.5. The highest BCUT2D eigenvalue weighted by Gasteiger charge is 2.30. The molecule has 0 atom stereocenters. The molecule has 1 aliphatic heterocycles. The van der Waals surface area contributed by atoms with Gasteiger partial charge in [0.2, 0.25) is 10.0 Å². The van der Waals surface area contributed by atoms with Crippen LogP contribution in [-0.4, -0.2) is 50.1 Å². The van der Waals surface area contributed by atoms with E-state index in [-0.39, 0.29) is 30.8 Å². The highest BCUT2D eigenvalue weighted by atomic mass is 79.9.